The van der Waals surface area contributed by atoms with E-state index < -0.39 is 10.2 Å². The van der Waals surface area contributed by atoms with Gasteiger partial charge in [0.15, 0.2) is 0 Å². The molecule has 2 aliphatic rings. The predicted octanol–water partition coefficient (Wildman–Crippen LogP) is 1.13. The highest BCUT2D eigenvalue weighted by Crippen LogP contribution is 2.42. The summed E-state index contributed by atoms with van der Waals surface area (Å²) in [4.78, 5) is 11.1. The molecular formula is C17H23N5O3S. The molecular weight excluding hydrogens is 354 g/mol. The average Bonchev–Trinajstić information content (AvgIpc) is 3.05. The van der Waals surface area contributed by atoms with E-state index in [-0.39, 0.29) is 5.41 Å². The summed E-state index contributed by atoms with van der Waals surface area (Å²) in [6.07, 6.45) is 4.32. The third-order valence-electron chi connectivity index (χ3n) is 5.71. The topological polar surface area (TPSA) is 102 Å². The quantitative estimate of drug-likeness (QED) is 0.860. The van der Waals surface area contributed by atoms with E-state index in [1.54, 1.807) is 13.4 Å². The number of methoxy groups -OCH3 is 1. The first-order chi connectivity index (χ1) is 12.4. The Morgan fingerprint density at radius 2 is 1.88 bits per heavy atom. The van der Waals surface area contributed by atoms with Crippen LogP contribution in [0.3, 0.4) is 0 Å². The van der Waals surface area contributed by atoms with Crippen LogP contribution in [0.15, 0.2) is 24.5 Å². The summed E-state index contributed by atoms with van der Waals surface area (Å²) < 4.78 is 29.9. The molecule has 1 aromatic heterocycles. The largest absolute Gasteiger partial charge is 0.497 e. The normalized spacial score (nSPS) is 20.8. The molecule has 0 unspecified atom stereocenters. The fraction of sp³-hybridized carbons (Fsp3) is 0.529. The molecule has 0 aliphatic carbocycles. The molecule has 0 saturated carbocycles. The van der Waals surface area contributed by atoms with Gasteiger partial charge in [-0.2, -0.15) is 12.7 Å². The van der Waals surface area contributed by atoms with Gasteiger partial charge in [-0.1, -0.05) is 0 Å². The van der Waals surface area contributed by atoms with Gasteiger partial charge in [0.2, 0.25) is 0 Å². The summed E-state index contributed by atoms with van der Waals surface area (Å²) in [5, 5.41) is 6.30. The van der Waals surface area contributed by atoms with Crippen molar-refractivity contribution in [2.24, 2.45) is 10.6 Å². The highest BCUT2D eigenvalue weighted by atomic mass is 32.2. The van der Waals surface area contributed by atoms with E-state index in [1.165, 1.54) is 4.31 Å². The van der Waals surface area contributed by atoms with Gasteiger partial charge in [0.1, 0.15) is 17.9 Å². The zero-order valence-electron chi connectivity index (χ0n) is 14.8. The average molecular weight is 377 g/mol. The Kier molecular flexibility index (Phi) is 4.25. The Morgan fingerprint density at radius 1 is 1.15 bits per heavy atom. The maximum atomic E-state index is 11.6. The first kappa shape index (κ1) is 17.4. The number of nitrogens with zero attached hydrogens (tertiary/aromatic N) is 4. The molecule has 8 nitrogen and oxygen atoms in total. The summed E-state index contributed by atoms with van der Waals surface area (Å²) >= 11 is 0. The smallest absolute Gasteiger partial charge is 0.276 e. The minimum atomic E-state index is -3.59. The summed E-state index contributed by atoms with van der Waals surface area (Å²) in [6, 6.07) is 5.82. The molecule has 0 radical (unpaired) electrons. The lowest BCUT2D eigenvalue weighted by Crippen LogP contribution is -2.43. The number of fused-ring (bicyclic) bond motifs is 1. The second-order valence-corrected chi connectivity index (χ2v) is 8.74. The summed E-state index contributed by atoms with van der Waals surface area (Å²) in [5.41, 5.74) is 0.894. The van der Waals surface area contributed by atoms with Crippen LogP contribution >= 0.6 is 0 Å². The monoisotopic (exact) mass is 377 g/mol. The SMILES string of the molecule is COc1ccc2c(N3CCC4(CC3)CCN(S(N)(=O)=O)C4)ncnc2c1. The number of nitrogens with two attached hydrogens (primary N) is 1. The van der Waals surface area contributed by atoms with Crippen LogP contribution in [0.4, 0.5) is 5.82 Å². The van der Waals surface area contributed by atoms with Crippen molar-refractivity contribution < 1.29 is 13.2 Å². The lowest BCUT2D eigenvalue weighted by Gasteiger charge is -2.40. The standard InChI is InChI=1S/C17H23N5O3S/c1-25-13-2-3-14-15(10-13)19-12-20-16(14)21-7-4-17(5-8-21)6-9-22(11-17)26(18,23)24/h2-3,10,12H,4-9,11H2,1H3,(H2,18,23,24). The first-order valence-corrected chi connectivity index (χ1v) is 10.2. The van der Waals surface area contributed by atoms with Crippen LogP contribution in [-0.4, -0.2) is 56.0 Å². The van der Waals surface area contributed by atoms with Crippen LogP contribution in [-0.2, 0) is 10.2 Å². The van der Waals surface area contributed by atoms with Crippen LogP contribution in [0.1, 0.15) is 19.3 Å². The molecule has 9 heteroatoms. The number of rotatable bonds is 3. The van der Waals surface area contributed by atoms with Gasteiger partial charge in [0, 0.05) is 37.6 Å². The molecule has 2 aromatic rings. The van der Waals surface area contributed by atoms with Crippen molar-refractivity contribution in [3.05, 3.63) is 24.5 Å². The zero-order valence-corrected chi connectivity index (χ0v) is 15.6. The van der Waals surface area contributed by atoms with Gasteiger partial charge in [-0.25, -0.2) is 15.1 Å². The van der Waals surface area contributed by atoms with Gasteiger partial charge in [0.25, 0.3) is 10.2 Å². The number of hydrogen-bond donors (Lipinski definition) is 1. The first-order valence-electron chi connectivity index (χ1n) is 8.72. The highest BCUT2D eigenvalue weighted by Gasteiger charge is 2.43. The molecule has 2 saturated heterocycles. The second-order valence-electron chi connectivity index (χ2n) is 7.20. The molecule has 26 heavy (non-hydrogen) atoms. The third-order valence-corrected chi connectivity index (χ3v) is 6.74. The number of anilines is 1. The van der Waals surface area contributed by atoms with Crippen molar-refractivity contribution in [2.45, 2.75) is 19.3 Å². The molecule has 0 atom stereocenters. The number of aromatic nitrogens is 2. The van der Waals surface area contributed by atoms with Gasteiger partial charge in [-0.15, -0.1) is 0 Å². The zero-order chi connectivity index (χ0) is 18.4. The van der Waals surface area contributed by atoms with E-state index >= 15 is 0 Å². The van der Waals surface area contributed by atoms with Crippen molar-refractivity contribution in [3.63, 3.8) is 0 Å². The van der Waals surface area contributed by atoms with Crippen molar-refractivity contribution in [3.8, 4) is 5.75 Å². The van der Waals surface area contributed by atoms with Crippen LogP contribution in [0.5, 0.6) is 5.75 Å². The van der Waals surface area contributed by atoms with Gasteiger partial charge >= 0.3 is 0 Å². The Balaban J connectivity index is 1.53. The Labute approximate surface area is 153 Å². The van der Waals surface area contributed by atoms with E-state index in [9.17, 15) is 8.42 Å². The van der Waals surface area contributed by atoms with Crippen LogP contribution in [0.25, 0.3) is 10.9 Å². The molecule has 140 valence electrons. The van der Waals surface area contributed by atoms with E-state index in [2.05, 4.69) is 14.9 Å². The Morgan fingerprint density at radius 3 is 2.54 bits per heavy atom. The van der Waals surface area contributed by atoms with Crippen LogP contribution in [0.2, 0.25) is 0 Å². The number of hydrogen-bond acceptors (Lipinski definition) is 6. The molecule has 0 bridgehead atoms. The van der Waals surface area contributed by atoms with Crippen molar-refractivity contribution >= 4 is 26.9 Å². The molecule has 1 aromatic carbocycles. The van der Waals surface area contributed by atoms with Crippen molar-refractivity contribution in [2.75, 3.05) is 38.2 Å². The van der Waals surface area contributed by atoms with Crippen molar-refractivity contribution in [1.82, 2.24) is 14.3 Å². The van der Waals surface area contributed by atoms with Crippen molar-refractivity contribution in [1.29, 1.82) is 0 Å². The lowest BCUT2D eigenvalue weighted by atomic mass is 9.78. The predicted molar refractivity (Wildman–Crippen MR) is 99.3 cm³/mol. The molecule has 2 N–H and O–H groups in total. The molecule has 3 heterocycles. The summed E-state index contributed by atoms with van der Waals surface area (Å²) in [5.74, 6) is 1.70. The van der Waals surface area contributed by atoms with E-state index in [0.717, 1.165) is 54.8 Å². The minimum Gasteiger partial charge on any atom is -0.497 e. The molecule has 4 rings (SSSR count). The minimum absolute atomic E-state index is 0.0367. The van der Waals surface area contributed by atoms with Gasteiger partial charge in [-0.05, 0) is 36.8 Å². The van der Waals surface area contributed by atoms with E-state index in [4.69, 9.17) is 9.88 Å². The maximum Gasteiger partial charge on any atom is 0.276 e. The third kappa shape index (κ3) is 3.10. The molecule has 1 spiro atoms. The lowest BCUT2D eigenvalue weighted by molar-refractivity contribution is 0.234. The van der Waals surface area contributed by atoms with Gasteiger partial charge < -0.3 is 9.64 Å². The Bertz CT molecular complexity index is 925. The molecule has 0 amide bonds. The van der Waals surface area contributed by atoms with Gasteiger partial charge in [-0.3, -0.25) is 0 Å². The van der Waals surface area contributed by atoms with Crippen LogP contribution < -0.4 is 14.8 Å². The second kappa shape index (κ2) is 6.33. The maximum absolute atomic E-state index is 11.6. The summed E-state index contributed by atoms with van der Waals surface area (Å²) in [7, 11) is -1.95. The molecule has 2 aliphatic heterocycles. The number of benzene rings is 1. The highest BCUT2D eigenvalue weighted by molar-refractivity contribution is 7.86. The van der Waals surface area contributed by atoms with E-state index in [0.29, 0.717) is 13.1 Å². The van der Waals surface area contributed by atoms with E-state index in [1.807, 2.05) is 18.2 Å². The van der Waals surface area contributed by atoms with Crippen LogP contribution in [0, 0.1) is 5.41 Å². The summed E-state index contributed by atoms with van der Waals surface area (Å²) in [6.45, 7) is 2.74. The Hall–Kier alpha value is -1.97. The molecule has 2 fully saturated rings. The fourth-order valence-electron chi connectivity index (χ4n) is 4.11. The fourth-order valence-corrected chi connectivity index (χ4v) is 4.91. The number of piperidine rings is 1. The van der Waals surface area contributed by atoms with Gasteiger partial charge in [0.05, 0.1) is 12.6 Å². The number of ether oxygens (including phenoxy) is 1.